The van der Waals surface area contributed by atoms with Crippen molar-refractivity contribution in [2.24, 2.45) is 0 Å². The molecule has 3 rings (SSSR count). The number of hydrogen-bond acceptors (Lipinski definition) is 5. The zero-order valence-corrected chi connectivity index (χ0v) is 12.2. The topological polar surface area (TPSA) is 93.5 Å². The summed E-state index contributed by atoms with van der Waals surface area (Å²) in [5, 5.41) is 17.1. The average molecular weight is 305 g/mol. The molecule has 0 unspecified atom stereocenters. The summed E-state index contributed by atoms with van der Waals surface area (Å²) in [6.07, 6.45) is 4.04. The van der Waals surface area contributed by atoms with Gasteiger partial charge in [-0.3, -0.25) is 14.9 Å². The van der Waals surface area contributed by atoms with E-state index in [2.05, 4.69) is 10.6 Å². The molecule has 1 aliphatic heterocycles. The summed E-state index contributed by atoms with van der Waals surface area (Å²) < 4.78 is 5.49. The number of amides is 1. The van der Waals surface area contributed by atoms with Gasteiger partial charge in [0.25, 0.3) is 11.6 Å². The Morgan fingerprint density at radius 2 is 2.18 bits per heavy atom. The second-order valence-electron chi connectivity index (χ2n) is 5.75. The number of hydrogen-bond donors (Lipinski definition) is 2. The first kappa shape index (κ1) is 14.8. The molecule has 22 heavy (non-hydrogen) atoms. The Balaban J connectivity index is 1.71. The molecule has 1 saturated carbocycles. The minimum Gasteiger partial charge on any atom is -0.377 e. The molecule has 1 aliphatic carbocycles. The zero-order valence-electron chi connectivity index (χ0n) is 12.2. The van der Waals surface area contributed by atoms with Crippen molar-refractivity contribution in [2.45, 2.75) is 37.8 Å². The van der Waals surface area contributed by atoms with E-state index in [1.54, 1.807) is 12.1 Å². The number of nitro groups is 1. The average Bonchev–Trinajstić information content (AvgIpc) is 3.16. The summed E-state index contributed by atoms with van der Waals surface area (Å²) >= 11 is 0. The number of rotatable bonds is 6. The van der Waals surface area contributed by atoms with Crippen LogP contribution in [0.15, 0.2) is 18.2 Å². The van der Waals surface area contributed by atoms with Crippen LogP contribution in [0.2, 0.25) is 0 Å². The third-order valence-electron chi connectivity index (χ3n) is 3.91. The van der Waals surface area contributed by atoms with Crippen molar-refractivity contribution in [2.75, 3.05) is 18.5 Å². The SMILES string of the molecule is O=C(NC1CC1)c1ccc(NC[C@H]2CCCO2)c([N+](=O)[O-])c1. The van der Waals surface area contributed by atoms with Crippen molar-refractivity contribution < 1.29 is 14.5 Å². The molecule has 1 aromatic rings. The van der Waals surface area contributed by atoms with Crippen LogP contribution in [0.25, 0.3) is 0 Å². The summed E-state index contributed by atoms with van der Waals surface area (Å²) in [7, 11) is 0. The van der Waals surface area contributed by atoms with E-state index in [0.717, 1.165) is 32.3 Å². The van der Waals surface area contributed by atoms with Gasteiger partial charge in [-0.1, -0.05) is 0 Å². The van der Waals surface area contributed by atoms with Crippen LogP contribution in [0.4, 0.5) is 11.4 Å². The van der Waals surface area contributed by atoms with E-state index in [0.29, 0.717) is 17.8 Å². The van der Waals surface area contributed by atoms with Crippen LogP contribution < -0.4 is 10.6 Å². The summed E-state index contributed by atoms with van der Waals surface area (Å²) in [6, 6.07) is 4.76. The number of carbonyl (C=O) groups is 1. The van der Waals surface area contributed by atoms with Crippen LogP contribution in [-0.4, -0.2) is 36.1 Å². The number of nitrogens with zero attached hydrogens (tertiary/aromatic N) is 1. The van der Waals surface area contributed by atoms with Crippen LogP contribution in [-0.2, 0) is 4.74 Å². The molecule has 0 aromatic heterocycles. The molecule has 7 heteroatoms. The lowest BCUT2D eigenvalue weighted by atomic mass is 10.1. The normalized spacial score (nSPS) is 20.6. The van der Waals surface area contributed by atoms with E-state index in [4.69, 9.17) is 4.74 Å². The molecular formula is C15H19N3O4. The van der Waals surface area contributed by atoms with Crippen molar-refractivity contribution in [1.82, 2.24) is 5.32 Å². The van der Waals surface area contributed by atoms with Crippen molar-refractivity contribution in [1.29, 1.82) is 0 Å². The fourth-order valence-electron chi connectivity index (χ4n) is 2.50. The third-order valence-corrected chi connectivity index (χ3v) is 3.91. The van der Waals surface area contributed by atoms with E-state index in [1.165, 1.54) is 6.07 Å². The Hall–Kier alpha value is -2.15. The fraction of sp³-hybridized carbons (Fsp3) is 0.533. The Labute approximate surface area is 128 Å². The van der Waals surface area contributed by atoms with E-state index in [9.17, 15) is 14.9 Å². The van der Waals surface area contributed by atoms with E-state index in [-0.39, 0.29) is 23.7 Å². The fourth-order valence-corrected chi connectivity index (χ4v) is 2.50. The molecule has 118 valence electrons. The molecule has 0 radical (unpaired) electrons. The molecule has 0 bridgehead atoms. The zero-order chi connectivity index (χ0) is 15.5. The number of ether oxygens (including phenoxy) is 1. The van der Waals surface area contributed by atoms with Gasteiger partial charge in [0, 0.05) is 30.8 Å². The minimum atomic E-state index is -0.467. The molecule has 1 saturated heterocycles. The molecular weight excluding hydrogens is 286 g/mol. The molecule has 0 spiro atoms. The standard InChI is InChI=1S/C15H19N3O4/c19-15(17-11-4-5-11)10-3-6-13(14(8-10)18(20)21)16-9-12-2-1-7-22-12/h3,6,8,11-12,16H,1-2,4-5,7,9H2,(H,17,19)/t12-/m1/s1. The number of nitro benzene ring substituents is 1. The van der Waals surface area contributed by atoms with Gasteiger partial charge in [-0.25, -0.2) is 0 Å². The summed E-state index contributed by atoms with van der Waals surface area (Å²) in [4.78, 5) is 22.7. The van der Waals surface area contributed by atoms with Crippen LogP contribution >= 0.6 is 0 Å². The quantitative estimate of drug-likeness (QED) is 0.620. The van der Waals surface area contributed by atoms with Crippen LogP contribution in [0.1, 0.15) is 36.0 Å². The predicted molar refractivity (Wildman–Crippen MR) is 81.0 cm³/mol. The molecule has 1 amide bonds. The number of carbonyl (C=O) groups excluding carboxylic acids is 1. The van der Waals surface area contributed by atoms with Gasteiger partial charge >= 0.3 is 0 Å². The van der Waals surface area contributed by atoms with Crippen molar-refractivity contribution in [3.63, 3.8) is 0 Å². The number of nitrogens with one attached hydrogen (secondary N) is 2. The Kier molecular flexibility index (Phi) is 4.24. The summed E-state index contributed by atoms with van der Waals surface area (Å²) in [5.41, 5.74) is 0.659. The summed E-state index contributed by atoms with van der Waals surface area (Å²) in [6.45, 7) is 1.28. The van der Waals surface area contributed by atoms with Gasteiger partial charge in [0.05, 0.1) is 11.0 Å². The highest BCUT2D eigenvalue weighted by Gasteiger charge is 2.25. The van der Waals surface area contributed by atoms with Gasteiger partial charge in [-0.2, -0.15) is 0 Å². The van der Waals surface area contributed by atoms with Crippen LogP contribution in [0.3, 0.4) is 0 Å². The van der Waals surface area contributed by atoms with Gasteiger partial charge in [0.1, 0.15) is 5.69 Å². The summed E-state index contributed by atoms with van der Waals surface area (Å²) in [5.74, 6) is -0.253. The van der Waals surface area contributed by atoms with Crippen molar-refractivity contribution in [3.8, 4) is 0 Å². The maximum absolute atomic E-state index is 12.0. The number of anilines is 1. The van der Waals surface area contributed by atoms with Gasteiger partial charge in [0.15, 0.2) is 0 Å². The van der Waals surface area contributed by atoms with Crippen LogP contribution in [0.5, 0.6) is 0 Å². The second-order valence-corrected chi connectivity index (χ2v) is 5.75. The maximum atomic E-state index is 12.0. The lowest BCUT2D eigenvalue weighted by molar-refractivity contribution is -0.384. The monoisotopic (exact) mass is 305 g/mol. The molecule has 7 nitrogen and oxygen atoms in total. The lowest BCUT2D eigenvalue weighted by Crippen LogP contribution is -2.25. The smallest absolute Gasteiger partial charge is 0.293 e. The highest BCUT2D eigenvalue weighted by Crippen LogP contribution is 2.27. The molecule has 1 atom stereocenters. The lowest BCUT2D eigenvalue weighted by Gasteiger charge is -2.12. The molecule has 2 N–H and O–H groups in total. The molecule has 1 aromatic carbocycles. The van der Waals surface area contributed by atoms with E-state index in [1.807, 2.05) is 0 Å². The Morgan fingerprint density at radius 1 is 1.36 bits per heavy atom. The molecule has 2 aliphatic rings. The number of benzene rings is 1. The van der Waals surface area contributed by atoms with Gasteiger partial charge in [-0.05, 0) is 37.8 Å². The first-order chi connectivity index (χ1) is 10.6. The van der Waals surface area contributed by atoms with Gasteiger partial charge in [-0.15, -0.1) is 0 Å². The Bertz CT molecular complexity index is 580. The van der Waals surface area contributed by atoms with Crippen LogP contribution in [0, 0.1) is 10.1 Å². The first-order valence-corrected chi connectivity index (χ1v) is 7.58. The van der Waals surface area contributed by atoms with Gasteiger partial charge in [0.2, 0.25) is 0 Å². The van der Waals surface area contributed by atoms with E-state index < -0.39 is 4.92 Å². The molecule has 1 heterocycles. The maximum Gasteiger partial charge on any atom is 0.293 e. The first-order valence-electron chi connectivity index (χ1n) is 7.58. The van der Waals surface area contributed by atoms with Gasteiger partial charge < -0.3 is 15.4 Å². The molecule has 2 fully saturated rings. The van der Waals surface area contributed by atoms with Crippen molar-refractivity contribution in [3.05, 3.63) is 33.9 Å². The van der Waals surface area contributed by atoms with Crippen molar-refractivity contribution >= 4 is 17.3 Å². The second kappa shape index (κ2) is 6.31. The minimum absolute atomic E-state index is 0.0820. The third kappa shape index (κ3) is 3.54. The highest BCUT2D eigenvalue weighted by atomic mass is 16.6. The highest BCUT2D eigenvalue weighted by molar-refractivity contribution is 5.96. The van der Waals surface area contributed by atoms with E-state index >= 15 is 0 Å². The predicted octanol–water partition coefficient (Wildman–Crippen LogP) is 2.08. The largest absolute Gasteiger partial charge is 0.377 e. The Morgan fingerprint density at radius 3 is 2.82 bits per heavy atom.